The Labute approximate surface area is 105 Å². The third-order valence-electron chi connectivity index (χ3n) is 4.13. The maximum absolute atomic E-state index is 5.45. The van der Waals surface area contributed by atoms with Crippen molar-refractivity contribution in [1.29, 1.82) is 0 Å². The molecule has 1 N–H and O–H groups in total. The number of nitrogens with one attached hydrogen (secondary N) is 1. The summed E-state index contributed by atoms with van der Waals surface area (Å²) in [6.45, 7) is 9.32. The van der Waals surface area contributed by atoms with Gasteiger partial charge in [-0.25, -0.2) is 0 Å². The zero-order chi connectivity index (χ0) is 12.5. The third kappa shape index (κ3) is 3.12. The van der Waals surface area contributed by atoms with Crippen LogP contribution in [0.15, 0.2) is 22.8 Å². The Kier molecular flexibility index (Phi) is 3.62. The monoisotopic (exact) mass is 235 g/mol. The molecule has 2 rings (SSSR count). The van der Waals surface area contributed by atoms with E-state index < -0.39 is 0 Å². The van der Waals surface area contributed by atoms with Gasteiger partial charge in [0.2, 0.25) is 0 Å². The zero-order valence-corrected chi connectivity index (χ0v) is 11.5. The van der Waals surface area contributed by atoms with Crippen molar-refractivity contribution in [3.63, 3.8) is 0 Å². The Morgan fingerprint density at radius 3 is 2.82 bits per heavy atom. The molecule has 0 amide bonds. The predicted octanol–water partition coefficient (Wildman–Crippen LogP) is 4.15. The highest BCUT2D eigenvalue weighted by molar-refractivity contribution is 5.04. The Balaban J connectivity index is 1.92. The summed E-state index contributed by atoms with van der Waals surface area (Å²) in [6.07, 6.45) is 5.66. The first kappa shape index (κ1) is 12.7. The Morgan fingerprint density at radius 1 is 1.47 bits per heavy atom. The summed E-state index contributed by atoms with van der Waals surface area (Å²) in [5, 5.41) is 3.72. The molecule has 0 aliphatic heterocycles. The SMILES string of the molecule is CC1CC(C)(C)CCC1N[C@H](C)c1ccco1. The van der Waals surface area contributed by atoms with E-state index in [1.807, 2.05) is 6.07 Å². The normalized spacial score (nSPS) is 30.1. The van der Waals surface area contributed by atoms with Crippen LogP contribution in [0.1, 0.15) is 58.8 Å². The van der Waals surface area contributed by atoms with E-state index in [4.69, 9.17) is 4.42 Å². The lowest BCUT2D eigenvalue weighted by molar-refractivity contribution is 0.140. The van der Waals surface area contributed by atoms with Gasteiger partial charge in [-0.3, -0.25) is 0 Å². The van der Waals surface area contributed by atoms with Gasteiger partial charge in [-0.15, -0.1) is 0 Å². The lowest BCUT2D eigenvalue weighted by Gasteiger charge is -2.40. The van der Waals surface area contributed by atoms with Crippen molar-refractivity contribution in [1.82, 2.24) is 5.32 Å². The summed E-state index contributed by atoms with van der Waals surface area (Å²) in [4.78, 5) is 0. The van der Waals surface area contributed by atoms with Gasteiger partial charge in [0.05, 0.1) is 12.3 Å². The smallest absolute Gasteiger partial charge is 0.120 e. The largest absolute Gasteiger partial charge is 0.468 e. The molecule has 1 aromatic heterocycles. The highest BCUT2D eigenvalue weighted by atomic mass is 16.3. The summed E-state index contributed by atoms with van der Waals surface area (Å²) in [5.74, 6) is 1.79. The van der Waals surface area contributed by atoms with Crippen molar-refractivity contribution in [2.24, 2.45) is 11.3 Å². The fourth-order valence-corrected chi connectivity index (χ4v) is 3.14. The van der Waals surface area contributed by atoms with Crippen LogP contribution in [-0.4, -0.2) is 6.04 Å². The maximum Gasteiger partial charge on any atom is 0.120 e. The number of hydrogen-bond donors (Lipinski definition) is 1. The van der Waals surface area contributed by atoms with Crippen molar-refractivity contribution in [2.75, 3.05) is 0 Å². The highest BCUT2D eigenvalue weighted by Gasteiger charge is 2.32. The fraction of sp³-hybridized carbons (Fsp3) is 0.733. The molecule has 2 heteroatoms. The minimum atomic E-state index is 0.318. The second kappa shape index (κ2) is 4.85. The molecule has 0 radical (unpaired) electrons. The van der Waals surface area contributed by atoms with Crippen molar-refractivity contribution >= 4 is 0 Å². The van der Waals surface area contributed by atoms with Crippen molar-refractivity contribution in [3.8, 4) is 0 Å². The summed E-state index contributed by atoms with van der Waals surface area (Å²) >= 11 is 0. The molecule has 2 unspecified atom stereocenters. The second-order valence-electron chi connectivity index (χ2n) is 6.39. The molecule has 1 aliphatic carbocycles. The standard InChI is InChI=1S/C15H25NO/c1-11-10-15(3,4)8-7-13(11)16-12(2)14-6-5-9-17-14/h5-6,9,11-13,16H,7-8,10H2,1-4H3/t11?,12-,13?/m1/s1. The lowest BCUT2D eigenvalue weighted by Crippen LogP contribution is -2.42. The van der Waals surface area contributed by atoms with Gasteiger partial charge >= 0.3 is 0 Å². The molecule has 96 valence electrons. The number of hydrogen-bond acceptors (Lipinski definition) is 2. The van der Waals surface area contributed by atoms with E-state index in [1.54, 1.807) is 6.26 Å². The van der Waals surface area contributed by atoms with E-state index >= 15 is 0 Å². The quantitative estimate of drug-likeness (QED) is 0.851. The van der Waals surface area contributed by atoms with Crippen LogP contribution in [-0.2, 0) is 0 Å². The lowest BCUT2D eigenvalue weighted by atomic mass is 9.70. The molecule has 3 atom stereocenters. The van der Waals surface area contributed by atoms with Crippen LogP contribution in [0.4, 0.5) is 0 Å². The van der Waals surface area contributed by atoms with Gasteiger partial charge in [-0.1, -0.05) is 20.8 Å². The van der Waals surface area contributed by atoms with Crippen molar-refractivity contribution in [3.05, 3.63) is 24.2 Å². The van der Waals surface area contributed by atoms with Crippen molar-refractivity contribution in [2.45, 2.75) is 59.0 Å². The summed E-state index contributed by atoms with van der Waals surface area (Å²) in [6, 6.07) is 4.96. The van der Waals surface area contributed by atoms with Gasteiger partial charge in [0.1, 0.15) is 5.76 Å². The van der Waals surface area contributed by atoms with Gasteiger partial charge in [-0.2, -0.15) is 0 Å². The van der Waals surface area contributed by atoms with Crippen LogP contribution in [0.2, 0.25) is 0 Å². The molecule has 1 heterocycles. The van der Waals surface area contributed by atoms with Crippen LogP contribution >= 0.6 is 0 Å². The molecule has 1 aromatic rings. The minimum Gasteiger partial charge on any atom is -0.468 e. The maximum atomic E-state index is 5.45. The molecular weight excluding hydrogens is 210 g/mol. The second-order valence-corrected chi connectivity index (χ2v) is 6.39. The Hall–Kier alpha value is -0.760. The first-order chi connectivity index (χ1) is 7.98. The van der Waals surface area contributed by atoms with Crippen LogP contribution in [0.5, 0.6) is 0 Å². The molecule has 0 bridgehead atoms. The summed E-state index contributed by atoms with van der Waals surface area (Å²) in [7, 11) is 0. The molecule has 1 fully saturated rings. The summed E-state index contributed by atoms with van der Waals surface area (Å²) < 4.78 is 5.45. The molecule has 2 nitrogen and oxygen atoms in total. The Bertz CT molecular complexity index is 342. The van der Waals surface area contributed by atoms with Crippen molar-refractivity contribution < 1.29 is 4.42 Å². The van der Waals surface area contributed by atoms with Gasteiger partial charge in [0.25, 0.3) is 0 Å². The fourth-order valence-electron chi connectivity index (χ4n) is 3.14. The van der Waals surface area contributed by atoms with Crippen LogP contribution in [0, 0.1) is 11.3 Å². The van der Waals surface area contributed by atoms with Gasteiger partial charge in [0.15, 0.2) is 0 Å². The molecule has 17 heavy (non-hydrogen) atoms. The molecule has 1 aliphatic rings. The predicted molar refractivity (Wildman–Crippen MR) is 70.8 cm³/mol. The first-order valence-corrected chi connectivity index (χ1v) is 6.77. The number of rotatable bonds is 3. The van der Waals surface area contributed by atoms with E-state index in [-0.39, 0.29) is 0 Å². The van der Waals surface area contributed by atoms with Crippen LogP contribution in [0.25, 0.3) is 0 Å². The van der Waals surface area contributed by atoms with E-state index in [9.17, 15) is 0 Å². The van der Waals surface area contributed by atoms with E-state index in [0.29, 0.717) is 17.5 Å². The average Bonchev–Trinajstić information content (AvgIpc) is 2.74. The Morgan fingerprint density at radius 2 is 2.24 bits per heavy atom. The van der Waals surface area contributed by atoms with Gasteiger partial charge < -0.3 is 9.73 Å². The molecule has 0 aromatic carbocycles. The van der Waals surface area contributed by atoms with E-state index in [1.165, 1.54) is 19.3 Å². The first-order valence-electron chi connectivity index (χ1n) is 6.77. The molecule has 0 saturated heterocycles. The third-order valence-corrected chi connectivity index (χ3v) is 4.13. The van der Waals surface area contributed by atoms with Gasteiger partial charge in [0, 0.05) is 6.04 Å². The van der Waals surface area contributed by atoms with E-state index in [2.05, 4.69) is 39.1 Å². The number of furan rings is 1. The topological polar surface area (TPSA) is 25.2 Å². The van der Waals surface area contributed by atoms with Crippen LogP contribution in [0.3, 0.4) is 0 Å². The zero-order valence-electron chi connectivity index (χ0n) is 11.5. The molecular formula is C15H25NO. The molecule has 0 spiro atoms. The average molecular weight is 235 g/mol. The minimum absolute atomic E-state index is 0.318. The highest BCUT2D eigenvalue weighted by Crippen LogP contribution is 2.39. The van der Waals surface area contributed by atoms with Crippen LogP contribution < -0.4 is 5.32 Å². The van der Waals surface area contributed by atoms with E-state index in [0.717, 1.165) is 11.7 Å². The van der Waals surface area contributed by atoms with Gasteiger partial charge in [-0.05, 0) is 49.7 Å². The summed E-state index contributed by atoms with van der Waals surface area (Å²) in [5.41, 5.74) is 0.519. The molecule has 1 saturated carbocycles.